The monoisotopic (exact) mass is 317 g/mol. The van der Waals surface area contributed by atoms with Crippen LogP contribution in [0.1, 0.15) is 11.1 Å². The lowest BCUT2D eigenvalue weighted by atomic mass is 10.2. The van der Waals surface area contributed by atoms with E-state index in [1.807, 2.05) is 55.5 Å². The summed E-state index contributed by atoms with van der Waals surface area (Å²) in [5, 5.41) is 3.12. The topological polar surface area (TPSA) is 50.4 Å². The van der Waals surface area contributed by atoms with Gasteiger partial charge in [-0.3, -0.25) is 0 Å². The predicted octanol–water partition coefficient (Wildman–Crippen LogP) is 3.68. The number of aliphatic imine (C=N–C) groups is 1. The van der Waals surface area contributed by atoms with Gasteiger partial charge in [-0.2, -0.15) is 0 Å². The second kappa shape index (κ2) is 6.38. The molecule has 0 radical (unpaired) electrons. The minimum absolute atomic E-state index is 0.421. The molecule has 0 saturated carbocycles. The Morgan fingerprint density at radius 1 is 1.21 bits per heavy atom. The zero-order valence-corrected chi connectivity index (χ0v) is 12.3. The Morgan fingerprint density at radius 2 is 1.95 bits per heavy atom. The number of nitrogens with two attached hydrogens (primary N) is 1. The van der Waals surface area contributed by atoms with Crippen LogP contribution in [0.25, 0.3) is 0 Å². The van der Waals surface area contributed by atoms with Gasteiger partial charge in [-0.1, -0.05) is 52.3 Å². The van der Waals surface area contributed by atoms with Crippen molar-refractivity contribution in [3.8, 4) is 0 Å². The number of nitrogens with zero attached hydrogens (tertiary/aromatic N) is 1. The van der Waals surface area contributed by atoms with E-state index in [2.05, 4.69) is 26.2 Å². The molecule has 0 spiro atoms. The molecular weight excluding hydrogens is 302 g/mol. The third kappa shape index (κ3) is 4.10. The molecule has 2 aromatic carbocycles. The van der Waals surface area contributed by atoms with Gasteiger partial charge in [0, 0.05) is 10.2 Å². The van der Waals surface area contributed by atoms with Crippen molar-refractivity contribution in [2.24, 2.45) is 10.7 Å². The molecule has 0 amide bonds. The van der Waals surface area contributed by atoms with Crippen LogP contribution >= 0.6 is 15.9 Å². The van der Waals surface area contributed by atoms with Gasteiger partial charge in [0.05, 0.1) is 6.54 Å². The van der Waals surface area contributed by atoms with Crippen molar-refractivity contribution in [3.63, 3.8) is 0 Å². The van der Waals surface area contributed by atoms with E-state index in [9.17, 15) is 0 Å². The van der Waals surface area contributed by atoms with Crippen LogP contribution in [0.2, 0.25) is 0 Å². The first-order valence-corrected chi connectivity index (χ1v) is 6.81. The van der Waals surface area contributed by atoms with Crippen LogP contribution in [-0.2, 0) is 6.54 Å². The number of hydrogen-bond acceptors (Lipinski definition) is 1. The smallest absolute Gasteiger partial charge is 0.193 e. The van der Waals surface area contributed by atoms with E-state index in [1.54, 1.807) is 0 Å². The number of guanidine groups is 1. The van der Waals surface area contributed by atoms with Gasteiger partial charge in [-0.05, 0) is 30.2 Å². The number of aryl methyl sites for hydroxylation is 1. The van der Waals surface area contributed by atoms with E-state index < -0.39 is 0 Å². The zero-order valence-electron chi connectivity index (χ0n) is 10.7. The summed E-state index contributed by atoms with van der Waals surface area (Å²) in [4.78, 5) is 4.33. The SMILES string of the molecule is Cc1ccc(Br)cc1NC(N)=NCc1ccccc1. The first-order chi connectivity index (χ1) is 9.15. The first kappa shape index (κ1) is 13.6. The quantitative estimate of drug-likeness (QED) is 0.670. The largest absolute Gasteiger partial charge is 0.370 e. The van der Waals surface area contributed by atoms with E-state index in [0.717, 1.165) is 21.3 Å². The molecular formula is C15H16BrN3. The lowest BCUT2D eigenvalue weighted by Crippen LogP contribution is -2.23. The lowest BCUT2D eigenvalue weighted by Gasteiger charge is -2.09. The van der Waals surface area contributed by atoms with E-state index in [0.29, 0.717) is 12.5 Å². The molecule has 98 valence electrons. The van der Waals surface area contributed by atoms with Gasteiger partial charge < -0.3 is 11.1 Å². The van der Waals surface area contributed by atoms with Crippen molar-refractivity contribution in [1.29, 1.82) is 0 Å². The second-order valence-corrected chi connectivity index (χ2v) is 5.19. The molecule has 0 unspecified atom stereocenters. The van der Waals surface area contributed by atoms with Crippen molar-refractivity contribution >= 4 is 27.6 Å². The van der Waals surface area contributed by atoms with Crippen LogP contribution in [0.5, 0.6) is 0 Å². The third-order valence-electron chi connectivity index (χ3n) is 2.74. The summed E-state index contributed by atoms with van der Waals surface area (Å²) in [5.74, 6) is 0.421. The van der Waals surface area contributed by atoms with Gasteiger partial charge >= 0.3 is 0 Å². The van der Waals surface area contributed by atoms with E-state index in [4.69, 9.17) is 5.73 Å². The fourth-order valence-corrected chi connectivity index (χ4v) is 2.03. The number of benzene rings is 2. The summed E-state index contributed by atoms with van der Waals surface area (Å²) in [6.07, 6.45) is 0. The Hall–Kier alpha value is -1.81. The summed E-state index contributed by atoms with van der Waals surface area (Å²) >= 11 is 3.44. The van der Waals surface area contributed by atoms with Crippen LogP contribution in [0.4, 0.5) is 5.69 Å². The van der Waals surface area contributed by atoms with Gasteiger partial charge in [-0.15, -0.1) is 0 Å². The lowest BCUT2D eigenvalue weighted by molar-refractivity contribution is 1.06. The highest BCUT2D eigenvalue weighted by Crippen LogP contribution is 2.20. The molecule has 0 aliphatic carbocycles. The Balaban J connectivity index is 2.04. The molecule has 3 N–H and O–H groups in total. The van der Waals surface area contributed by atoms with E-state index in [1.165, 1.54) is 0 Å². The Morgan fingerprint density at radius 3 is 2.68 bits per heavy atom. The maximum absolute atomic E-state index is 5.90. The highest BCUT2D eigenvalue weighted by molar-refractivity contribution is 9.10. The first-order valence-electron chi connectivity index (χ1n) is 6.02. The normalized spacial score (nSPS) is 11.4. The van der Waals surface area contributed by atoms with Crippen molar-refractivity contribution in [1.82, 2.24) is 0 Å². The number of hydrogen-bond donors (Lipinski definition) is 2. The van der Waals surface area contributed by atoms with Crippen molar-refractivity contribution < 1.29 is 0 Å². The van der Waals surface area contributed by atoms with Crippen LogP contribution in [0.3, 0.4) is 0 Å². The summed E-state index contributed by atoms with van der Waals surface area (Å²) in [7, 11) is 0. The van der Waals surface area contributed by atoms with Crippen molar-refractivity contribution in [3.05, 3.63) is 64.1 Å². The fourth-order valence-electron chi connectivity index (χ4n) is 1.67. The molecule has 0 aliphatic heterocycles. The average Bonchev–Trinajstić information content (AvgIpc) is 2.42. The average molecular weight is 318 g/mol. The third-order valence-corrected chi connectivity index (χ3v) is 3.23. The standard InChI is InChI=1S/C15H16BrN3/c1-11-7-8-13(16)9-14(11)19-15(17)18-10-12-5-3-2-4-6-12/h2-9H,10H2,1H3,(H3,17,18,19). The molecule has 2 aromatic rings. The Bertz CT molecular complexity index is 579. The minimum Gasteiger partial charge on any atom is -0.370 e. The summed E-state index contributed by atoms with van der Waals surface area (Å²) in [6, 6.07) is 16.0. The molecule has 3 nitrogen and oxygen atoms in total. The maximum atomic E-state index is 5.90. The molecule has 0 saturated heterocycles. The molecule has 0 atom stereocenters. The maximum Gasteiger partial charge on any atom is 0.193 e. The molecule has 0 bridgehead atoms. The van der Waals surface area contributed by atoms with Gasteiger partial charge in [0.15, 0.2) is 5.96 Å². The zero-order chi connectivity index (χ0) is 13.7. The molecule has 0 aliphatic rings. The number of rotatable bonds is 3. The highest BCUT2D eigenvalue weighted by atomic mass is 79.9. The highest BCUT2D eigenvalue weighted by Gasteiger charge is 2.00. The van der Waals surface area contributed by atoms with E-state index >= 15 is 0 Å². The predicted molar refractivity (Wildman–Crippen MR) is 84.3 cm³/mol. The van der Waals surface area contributed by atoms with Gasteiger partial charge in [-0.25, -0.2) is 4.99 Å². The molecule has 2 rings (SSSR count). The van der Waals surface area contributed by atoms with Crippen molar-refractivity contribution in [2.45, 2.75) is 13.5 Å². The van der Waals surface area contributed by atoms with Crippen molar-refractivity contribution in [2.75, 3.05) is 5.32 Å². The summed E-state index contributed by atoms with van der Waals surface area (Å²) < 4.78 is 1.01. The van der Waals surface area contributed by atoms with Crippen LogP contribution in [0, 0.1) is 6.92 Å². The number of anilines is 1. The second-order valence-electron chi connectivity index (χ2n) is 4.27. The van der Waals surface area contributed by atoms with Crippen LogP contribution in [0.15, 0.2) is 58.0 Å². The number of nitrogens with one attached hydrogen (secondary N) is 1. The van der Waals surface area contributed by atoms with Crippen LogP contribution < -0.4 is 11.1 Å². The number of halogens is 1. The van der Waals surface area contributed by atoms with Crippen LogP contribution in [-0.4, -0.2) is 5.96 Å². The molecule has 0 aromatic heterocycles. The van der Waals surface area contributed by atoms with Gasteiger partial charge in [0.2, 0.25) is 0 Å². The van der Waals surface area contributed by atoms with Gasteiger partial charge in [0.25, 0.3) is 0 Å². The van der Waals surface area contributed by atoms with E-state index in [-0.39, 0.29) is 0 Å². The molecule has 19 heavy (non-hydrogen) atoms. The Labute approximate surface area is 121 Å². The fraction of sp³-hybridized carbons (Fsp3) is 0.133. The summed E-state index contributed by atoms with van der Waals surface area (Å²) in [5.41, 5.74) is 9.12. The minimum atomic E-state index is 0.421. The van der Waals surface area contributed by atoms with Gasteiger partial charge in [0.1, 0.15) is 0 Å². The molecule has 4 heteroatoms. The summed E-state index contributed by atoms with van der Waals surface area (Å²) in [6.45, 7) is 2.60. The molecule has 0 fully saturated rings. The molecule has 0 heterocycles. The Kier molecular flexibility index (Phi) is 4.58.